The van der Waals surface area contributed by atoms with Crippen LogP contribution in [0, 0.1) is 0 Å². The molecule has 0 aliphatic heterocycles. The molecule has 2 rings (SSSR count). The van der Waals surface area contributed by atoms with Crippen molar-refractivity contribution in [3.63, 3.8) is 0 Å². The van der Waals surface area contributed by atoms with Crippen molar-refractivity contribution in [3.05, 3.63) is 71.8 Å². The quantitative estimate of drug-likeness (QED) is 0.567. The first-order chi connectivity index (χ1) is 12.6. The monoisotopic (exact) mass is 354 g/mol. The molecule has 0 fully saturated rings. The summed E-state index contributed by atoms with van der Waals surface area (Å²) in [6.07, 6.45) is 0.699. The minimum atomic E-state index is -1.59. The molecule has 0 aliphatic carbocycles. The van der Waals surface area contributed by atoms with Crippen LogP contribution in [0.5, 0.6) is 0 Å². The van der Waals surface area contributed by atoms with Crippen LogP contribution in [0.15, 0.2) is 60.7 Å². The SMILES string of the molecule is CCN(CCC(=O)N[C@@H](Cc1ccccc1)B(O)O)Cc1ccccc1. The molecule has 0 spiro atoms. The van der Waals surface area contributed by atoms with Crippen molar-refractivity contribution in [3.8, 4) is 0 Å². The van der Waals surface area contributed by atoms with Crippen molar-refractivity contribution >= 4 is 13.0 Å². The van der Waals surface area contributed by atoms with Gasteiger partial charge in [-0.1, -0.05) is 67.6 Å². The van der Waals surface area contributed by atoms with Gasteiger partial charge in [-0.3, -0.25) is 9.69 Å². The zero-order valence-corrected chi connectivity index (χ0v) is 15.2. The molecule has 0 radical (unpaired) electrons. The van der Waals surface area contributed by atoms with Gasteiger partial charge in [0.05, 0.1) is 5.94 Å². The summed E-state index contributed by atoms with van der Waals surface area (Å²) >= 11 is 0. The Kier molecular flexibility index (Phi) is 8.35. The predicted octanol–water partition coefficient (Wildman–Crippen LogP) is 1.64. The Morgan fingerprint density at radius 3 is 2.15 bits per heavy atom. The Labute approximate surface area is 155 Å². The molecule has 0 saturated heterocycles. The predicted molar refractivity (Wildman–Crippen MR) is 104 cm³/mol. The molecule has 0 bridgehead atoms. The van der Waals surface area contributed by atoms with Gasteiger partial charge in [-0.2, -0.15) is 0 Å². The number of carbonyl (C=O) groups excluding carboxylic acids is 1. The van der Waals surface area contributed by atoms with Crippen LogP contribution in [0.3, 0.4) is 0 Å². The second kappa shape index (κ2) is 10.8. The van der Waals surface area contributed by atoms with E-state index in [0.29, 0.717) is 19.4 Å². The molecule has 1 atom stereocenters. The highest BCUT2D eigenvalue weighted by molar-refractivity contribution is 6.43. The van der Waals surface area contributed by atoms with E-state index in [9.17, 15) is 14.8 Å². The van der Waals surface area contributed by atoms with E-state index in [1.165, 1.54) is 5.56 Å². The molecular formula is C20H27BN2O3. The summed E-state index contributed by atoms with van der Waals surface area (Å²) in [6, 6.07) is 19.6. The van der Waals surface area contributed by atoms with Crippen molar-refractivity contribution in [1.82, 2.24) is 10.2 Å². The maximum Gasteiger partial charge on any atom is 0.475 e. The maximum absolute atomic E-state index is 12.3. The summed E-state index contributed by atoms with van der Waals surface area (Å²) in [4.78, 5) is 14.5. The molecule has 26 heavy (non-hydrogen) atoms. The van der Waals surface area contributed by atoms with E-state index in [-0.39, 0.29) is 5.91 Å². The van der Waals surface area contributed by atoms with E-state index < -0.39 is 13.1 Å². The van der Waals surface area contributed by atoms with Crippen LogP contribution in [0.2, 0.25) is 0 Å². The van der Waals surface area contributed by atoms with Gasteiger partial charge in [0, 0.05) is 19.5 Å². The lowest BCUT2D eigenvalue weighted by atomic mass is 9.76. The standard InChI is InChI=1S/C20H27BN2O3/c1-2-23(16-18-11-7-4-8-12-18)14-13-20(24)22-19(21(25)26)15-17-9-5-3-6-10-17/h3-12,19,25-26H,2,13-16H2,1H3,(H,22,24)/t19-/m0/s1. The summed E-state index contributed by atoms with van der Waals surface area (Å²) in [7, 11) is -1.59. The van der Waals surface area contributed by atoms with Crippen LogP contribution in [0.4, 0.5) is 0 Å². The fourth-order valence-corrected chi connectivity index (χ4v) is 2.83. The highest BCUT2D eigenvalue weighted by Crippen LogP contribution is 2.06. The zero-order chi connectivity index (χ0) is 18.8. The van der Waals surface area contributed by atoms with Crippen LogP contribution in [-0.2, 0) is 17.8 Å². The first kappa shape index (κ1) is 20.2. The lowest BCUT2D eigenvalue weighted by molar-refractivity contribution is -0.121. The Morgan fingerprint density at radius 1 is 1.04 bits per heavy atom. The fraction of sp³-hybridized carbons (Fsp3) is 0.350. The molecule has 138 valence electrons. The van der Waals surface area contributed by atoms with E-state index in [2.05, 4.69) is 29.3 Å². The molecule has 0 saturated carbocycles. The van der Waals surface area contributed by atoms with E-state index in [0.717, 1.165) is 18.7 Å². The molecule has 0 aromatic heterocycles. The summed E-state index contributed by atoms with van der Waals surface area (Å²) in [5, 5.41) is 21.9. The first-order valence-corrected chi connectivity index (χ1v) is 9.04. The number of hydrogen-bond donors (Lipinski definition) is 3. The van der Waals surface area contributed by atoms with Gasteiger partial charge < -0.3 is 15.4 Å². The molecule has 2 aromatic rings. The van der Waals surface area contributed by atoms with Gasteiger partial charge in [-0.15, -0.1) is 0 Å². The number of carbonyl (C=O) groups is 1. The molecule has 0 heterocycles. The lowest BCUT2D eigenvalue weighted by Gasteiger charge is -2.22. The van der Waals surface area contributed by atoms with E-state index >= 15 is 0 Å². The van der Waals surface area contributed by atoms with E-state index in [4.69, 9.17) is 0 Å². The van der Waals surface area contributed by atoms with Crippen LogP contribution in [0.1, 0.15) is 24.5 Å². The Bertz CT molecular complexity index is 653. The van der Waals surface area contributed by atoms with Crippen molar-refractivity contribution < 1.29 is 14.8 Å². The van der Waals surface area contributed by atoms with Gasteiger partial charge in [0.15, 0.2) is 0 Å². The van der Waals surface area contributed by atoms with Gasteiger partial charge in [-0.05, 0) is 24.1 Å². The maximum atomic E-state index is 12.3. The normalized spacial score (nSPS) is 12.0. The number of rotatable bonds is 10. The topological polar surface area (TPSA) is 72.8 Å². The summed E-state index contributed by atoms with van der Waals surface area (Å²) < 4.78 is 0. The molecule has 1 amide bonds. The van der Waals surface area contributed by atoms with Crippen molar-refractivity contribution in [2.45, 2.75) is 32.3 Å². The number of benzene rings is 2. The summed E-state index contributed by atoms with van der Waals surface area (Å²) in [6.45, 7) is 4.33. The first-order valence-electron chi connectivity index (χ1n) is 9.04. The highest BCUT2D eigenvalue weighted by atomic mass is 16.4. The van der Waals surface area contributed by atoms with Gasteiger partial charge in [0.1, 0.15) is 0 Å². The third kappa shape index (κ3) is 7.00. The van der Waals surface area contributed by atoms with Crippen molar-refractivity contribution in [2.24, 2.45) is 0 Å². The van der Waals surface area contributed by atoms with E-state index in [1.54, 1.807) is 0 Å². The number of nitrogens with one attached hydrogen (secondary N) is 1. The van der Waals surface area contributed by atoms with Crippen LogP contribution in [0.25, 0.3) is 0 Å². The third-order valence-electron chi connectivity index (χ3n) is 4.36. The van der Waals surface area contributed by atoms with Gasteiger partial charge >= 0.3 is 7.12 Å². The largest absolute Gasteiger partial charge is 0.475 e. The average molecular weight is 354 g/mol. The molecular weight excluding hydrogens is 327 g/mol. The number of hydrogen-bond acceptors (Lipinski definition) is 4. The minimum absolute atomic E-state index is 0.175. The Morgan fingerprint density at radius 2 is 1.62 bits per heavy atom. The Hall–Kier alpha value is -2.15. The van der Waals surface area contributed by atoms with Gasteiger partial charge in [-0.25, -0.2) is 0 Å². The second-order valence-electron chi connectivity index (χ2n) is 6.38. The molecule has 0 aliphatic rings. The third-order valence-corrected chi connectivity index (χ3v) is 4.36. The molecule has 5 nitrogen and oxygen atoms in total. The number of nitrogens with zero attached hydrogens (tertiary/aromatic N) is 1. The Balaban J connectivity index is 1.83. The smallest absolute Gasteiger partial charge is 0.426 e. The second-order valence-corrected chi connectivity index (χ2v) is 6.38. The van der Waals surface area contributed by atoms with E-state index in [1.807, 2.05) is 48.5 Å². The zero-order valence-electron chi connectivity index (χ0n) is 15.2. The summed E-state index contributed by atoms with van der Waals surface area (Å²) in [5.74, 6) is -0.889. The lowest BCUT2D eigenvalue weighted by Crippen LogP contribution is -2.48. The van der Waals surface area contributed by atoms with Gasteiger partial charge in [0.2, 0.25) is 5.91 Å². The van der Waals surface area contributed by atoms with Crippen molar-refractivity contribution in [2.75, 3.05) is 13.1 Å². The number of amides is 1. The van der Waals surface area contributed by atoms with Crippen LogP contribution in [-0.4, -0.2) is 47.0 Å². The van der Waals surface area contributed by atoms with Crippen LogP contribution >= 0.6 is 0 Å². The minimum Gasteiger partial charge on any atom is -0.426 e. The highest BCUT2D eigenvalue weighted by Gasteiger charge is 2.25. The van der Waals surface area contributed by atoms with Gasteiger partial charge in [0.25, 0.3) is 0 Å². The van der Waals surface area contributed by atoms with Crippen LogP contribution < -0.4 is 5.32 Å². The molecule has 6 heteroatoms. The summed E-state index contributed by atoms with van der Waals surface area (Å²) in [5.41, 5.74) is 2.16. The fourth-order valence-electron chi connectivity index (χ4n) is 2.83. The molecule has 2 aromatic carbocycles. The van der Waals surface area contributed by atoms with Crippen molar-refractivity contribution in [1.29, 1.82) is 0 Å². The molecule has 3 N–H and O–H groups in total. The molecule has 0 unspecified atom stereocenters. The average Bonchev–Trinajstić information content (AvgIpc) is 2.66.